The van der Waals surface area contributed by atoms with Gasteiger partial charge < -0.3 is 5.32 Å². The second kappa shape index (κ2) is 6.40. The van der Waals surface area contributed by atoms with Gasteiger partial charge in [-0.3, -0.25) is 19.4 Å². The smallest absolute Gasteiger partial charge is 0.292 e. The van der Waals surface area contributed by atoms with Crippen molar-refractivity contribution < 1.29 is 14.4 Å². The lowest BCUT2D eigenvalue weighted by Crippen LogP contribution is -2.24. The predicted molar refractivity (Wildman–Crippen MR) is 76.2 cm³/mol. The maximum Gasteiger partial charge on any atom is 0.292 e. The number of carbonyl (C=O) groups is 3. The summed E-state index contributed by atoms with van der Waals surface area (Å²) in [5.74, 6) is -2.04. The molecule has 0 saturated heterocycles. The number of carbonyl (C=O) groups excluding carboxylic acids is 3. The summed E-state index contributed by atoms with van der Waals surface area (Å²) in [5, 5.41) is 3.34. The van der Waals surface area contributed by atoms with Crippen molar-refractivity contribution in [1.82, 2.24) is 4.98 Å². The number of rotatable bonds is 5. The summed E-state index contributed by atoms with van der Waals surface area (Å²) in [6.45, 7) is 0. The van der Waals surface area contributed by atoms with Crippen LogP contribution in [0.1, 0.15) is 16.8 Å². The number of ketones is 2. The van der Waals surface area contributed by atoms with Crippen LogP contribution < -0.4 is 5.32 Å². The van der Waals surface area contributed by atoms with Gasteiger partial charge in [0.25, 0.3) is 5.91 Å². The van der Waals surface area contributed by atoms with Crippen molar-refractivity contribution in [2.45, 2.75) is 6.42 Å². The maximum absolute atomic E-state index is 11.8. The third kappa shape index (κ3) is 3.72. The number of aromatic nitrogens is 1. The van der Waals surface area contributed by atoms with Gasteiger partial charge in [-0.05, 0) is 24.3 Å². The molecular weight excluding hydrogens is 300 g/mol. The maximum atomic E-state index is 11.8. The van der Waals surface area contributed by atoms with Crippen LogP contribution in [0, 0.1) is 0 Å². The third-order valence-electron chi connectivity index (χ3n) is 2.41. The Balaban J connectivity index is 1.95. The summed E-state index contributed by atoms with van der Waals surface area (Å²) in [6.07, 6.45) is 0.948. The highest BCUT2D eigenvalue weighted by molar-refractivity contribution is 7.14. The molecule has 0 aliphatic carbocycles. The van der Waals surface area contributed by atoms with E-state index in [2.05, 4.69) is 10.3 Å². The number of hydrogen-bond donors (Lipinski definition) is 1. The number of nitrogens with one attached hydrogen (secondary N) is 1. The normalized spacial score (nSPS) is 10.1. The first-order valence-corrected chi connectivity index (χ1v) is 6.83. The number of benzene rings is 1. The minimum atomic E-state index is -0.823. The van der Waals surface area contributed by atoms with Crippen molar-refractivity contribution in [3.63, 3.8) is 0 Å². The molecule has 0 aliphatic rings. The van der Waals surface area contributed by atoms with Gasteiger partial charge in [0.1, 0.15) is 5.00 Å². The quantitative estimate of drug-likeness (QED) is 0.523. The molecule has 1 aromatic carbocycles. The molecule has 0 fully saturated rings. The van der Waals surface area contributed by atoms with Gasteiger partial charge in [0.05, 0.1) is 18.1 Å². The van der Waals surface area contributed by atoms with Gasteiger partial charge in [-0.2, -0.15) is 0 Å². The summed E-state index contributed by atoms with van der Waals surface area (Å²) in [6, 6.07) is 6.13. The van der Waals surface area contributed by atoms with Gasteiger partial charge in [-0.25, -0.2) is 0 Å². The molecule has 0 spiro atoms. The van der Waals surface area contributed by atoms with Crippen LogP contribution in [0.25, 0.3) is 0 Å². The molecule has 5 nitrogen and oxygen atoms in total. The van der Waals surface area contributed by atoms with Crippen LogP contribution >= 0.6 is 22.9 Å². The third-order valence-corrected chi connectivity index (χ3v) is 3.35. The van der Waals surface area contributed by atoms with Crippen LogP contribution in [0.15, 0.2) is 36.0 Å². The second-order valence-electron chi connectivity index (χ2n) is 3.85. The van der Waals surface area contributed by atoms with E-state index in [4.69, 9.17) is 11.6 Å². The summed E-state index contributed by atoms with van der Waals surface area (Å²) in [7, 11) is 0. The molecule has 1 N–H and O–H groups in total. The molecule has 20 heavy (non-hydrogen) atoms. The Morgan fingerprint density at radius 3 is 2.50 bits per heavy atom. The molecule has 0 radical (unpaired) electrons. The van der Waals surface area contributed by atoms with Crippen molar-refractivity contribution in [2.75, 3.05) is 5.32 Å². The monoisotopic (exact) mass is 308 g/mol. The lowest BCUT2D eigenvalue weighted by Gasteiger charge is -2.02. The van der Waals surface area contributed by atoms with E-state index in [-0.39, 0.29) is 0 Å². The highest BCUT2D eigenvalue weighted by atomic mass is 35.5. The van der Waals surface area contributed by atoms with Gasteiger partial charge in [0.2, 0.25) is 5.78 Å². The summed E-state index contributed by atoms with van der Waals surface area (Å²) in [4.78, 5) is 38.8. The van der Waals surface area contributed by atoms with Crippen molar-refractivity contribution in [3.8, 4) is 0 Å². The first kappa shape index (κ1) is 14.4. The van der Waals surface area contributed by atoms with Crippen molar-refractivity contribution >= 4 is 45.4 Å². The molecule has 1 amide bonds. The largest absolute Gasteiger partial charge is 0.310 e. The molecular formula is C13H9ClN2O3S. The average molecular weight is 309 g/mol. The van der Waals surface area contributed by atoms with E-state index in [0.717, 1.165) is 0 Å². The Morgan fingerprint density at radius 1 is 1.20 bits per heavy atom. The molecule has 0 aliphatic heterocycles. The van der Waals surface area contributed by atoms with E-state index in [1.165, 1.54) is 35.2 Å². The highest BCUT2D eigenvalue weighted by Gasteiger charge is 2.19. The zero-order valence-corrected chi connectivity index (χ0v) is 11.7. The molecule has 2 aromatic rings. The standard InChI is InChI=1S/C13H9ClN2O3S/c14-9-3-1-8(2-4-9)10(17)5-11(18)13(19)16-12-6-15-7-20-12/h1-4,6-7H,5H2,(H,16,19). The zero-order chi connectivity index (χ0) is 14.5. The summed E-state index contributed by atoms with van der Waals surface area (Å²) in [5.41, 5.74) is 1.87. The van der Waals surface area contributed by atoms with Crippen LogP contribution in [0.4, 0.5) is 5.00 Å². The molecule has 2 rings (SSSR count). The minimum absolute atomic E-state index is 0.341. The fourth-order valence-corrected chi connectivity index (χ4v) is 2.06. The minimum Gasteiger partial charge on any atom is -0.310 e. The number of hydrogen-bond acceptors (Lipinski definition) is 5. The number of amides is 1. The molecule has 7 heteroatoms. The molecule has 102 valence electrons. The lowest BCUT2D eigenvalue weighted by molar-refractivity contribution is -0.134. The topological polar surface area (TPSA) is 76.1 Å². The Labute approximate surface area is 123 Å². The fraction of sp³-hybridized carbons (Fsp3) is 0.0769. The lowest BCUT2D eigenvalue weighted by atomic mass is 10.1. The van der Waals surface area contributed by atoms with Crippen molar-refractivity contribution in [2.24, 2.45) is 0 Å². The van der Waals surface area contributed by atoms with E-state index < -0.39 is 23.9 Å². The predicted octanol–water partition coefficient (Wildman–Crippen LogP) is 2.58. The Kier molecular flexibility index (Phi) is 4.60. The van der Waals surface area contributed by atoms with Crippen LogP contribution in [0.3, 0.4) is 0 Å². The van der Waals surface area contributed by atoms with Gasteiger partial charge >= 0.3 is 0 Å². The number of Topliss-reactive ketones (excluding diaryl/α,β-unsaturated/α-hetero) is 2. The van der Waals surface area contributed by atoms with E-state index in [1.807, 2.05) is 0 Å². The molecule has 0 atom stereocenters. The average Bonchev–Trinajstić information content (AvgIpc) is 2.92. The molecule has 0 bridgehead atoms. The Morgan fingerprint density at radius 2 is 1.90 bits per heavy atom. The zero-order valence-electron chi connectivity index (χ0n) is 10.1. The Hall–Kier alpha value is -2.05. The van der Waals surface area contributed by atoms with E-state index >= 15 is 0 Å². The SMILES string of the molecule is O=C(CC(=O)c1ccc(Cl)cc1)C(=O)Nc1cncs1. The van der Waals surface area contributed by atoms with Crippen molar-refractivity contribution in [1.29, 1.82) is 0 Å². The number of thiazole rings is 1. The van der Waals surface area contributed by atoms with Crippen LogP contribution in [-0.4, -0.2) is 22.5 Å². The van der Waals surface area contributed by atoms with Crippen molar-refractivity contribution in [3.05, 3.63) is 46.6 Å². The summed E-state index contributed by atoms with van der Waals surface area (Å²) >= 11 is 6.90. The van der Waals surface area contributed by atoms with E-state index in [9.17, 15) is 14.4 Å². The van der Waals surface area contributed by atoms with Gasteiger partial charge in [0, 0.05) is 10.6 Å². The number of anilines is 1. The fourth-order valence-electron chi connectivity index (χ4n) is 1.42. The number of halogens is 1. The van der Waals surface area contributed by atoms with Crippen LogP contribution in [0.2, 0.25) is 5.02 Å². The first-order valence-electron chi connectivity index (χ1n) is 5.57. The van der Waals surface area contributed by atoms with Crippen LogP contribution in [0.5, 0.6) is 0 Å². The highest BCUT2D eigenvalue weighted by Crippen LogP contribution is 2.13. The molecule has 0 unspecified atom stereocenters. The second-order valence-corrected chi connectivity index (χ2v) is 5.17. The van der Waals surface area contributed by atoms with Gasteiger partial charge in [-0.15, -0.1) is 11.3 Å². The van der Waals surface area contributed by atoms with E-state index in [1.54, 1.807) is 12.1 Å². The van der Waals surface area contributed by atoms with Gasteiger partial charge in [-0.1, -0.05) is 11.6 Å². The van der Waals surface area contributed by atoms with Crippen LogP contribution in [-0.2, 0) is 9.59 Å². The first-order chi connectivity index (χ1) is 9.56. The number of nitrogens with zero attached hydrogens (tertiary/aromatic N) is 1. The van der Waals surface area contributed by atoms with Gasteiger partial charge in [0.15, 0.2) is 5.78 Å². The summed E-state index contributed by atoms with van der Waals surface area (Å²) < 4.78 is 0. The molecule has 1 heterocycles. The molecule has 0 saturated carbocycles. The Bertz CT molecular complexity index is 638. The van der Waals surface area contributed by atoms with E-state index in [0.29, 0.717) is 15.6 Å². The molecule has 1 aromatic heterocycles.